The maximum Gasteiger partial charge on any atom is 0.254 e. The number of nitrogens with zero attached hydrogens (tertiary/aromatic N) is 5. The summed E-state index contributed by atoms with van der Waals surface area (Å²) < 4.78 is 13.2. The van der Waals surface area contributed by atoms with Crippen LogP contribution in [0.2, 0.25) is 0 Å². The van der Waals surface area contributed by atoms with E-state index in [1.54, 1.807) is 11.0 Å². The summed E-state index contributed by atoms with van der Waals surface area (Å²) in [6, 6.07) is 13.8. The fraction of sp³-hybridized carbons (Fsp3) is 0.364. The molecule has 0 radical (unpaired) electrons. The zero-order chi connectivity index (χ0) is 20.3. The number of fused-ring (bicyclic) bond motifs is 1. The minimum Gasteiger partial charge on any atom is -0.490 e. The smallest absolute Gasteiger partial charge is 0.254 e. The van der Waals surface area contributed by atoms with Gasteiger partial charge in [-0.3, -0.25) is 4.79 Å². The van der Waals surface area contributed by atoms with Crippen LogP contribution in [0, 0.1) is 0 Å². The van der Waals surface area contributed by atoms with Gasteiger partial charge in [0.1, 0.15) is 6.33 Å². The molecule has 0 aliphatic carbocycles. The Balaban J connectivity index is 1.33. The van der Waals surface area contributed by atoms with Gasteiger partial charge in [-0.1, -0.05) is 18.2 Å². The number of carbonyl (C=O) groups is 1. The van der Waals surface area contributed by atoms with Crippen molar-refractivity contribution in [2.75, 3.05) is 19.8 Å². The van der Waals surface area contributed by atoms with Gasteiger partial charge in [0.2, 0.25) is 0 Å². The van der Waals surface area contributed by atoms with Crippen molar-refractivity contribution in [3.8, 4) is 11.5 Å². The summed E-state index contributed by atoms with van der Waals surface area (Å²) in [5.74, 6) is 1.61. The molecule has 5 rings (SSSR count). The minimum absolute atomic E-state index is 0.0514. The first kappa shape index (κ1) is 18.6. The Kier molecular flexibility index (Phi) is 5.04. The number of likely N-dealkylation sites (tertiary alicyclic amines) is 1. The van der Waals surface area contributed by atoms with Crippen LogP contribution in [0.4, 0.5) is 0 Å². The van der Waals surface area contributed by atoms with Crippen molar-refractivity contribution in [3.05, 3.63) is 65.5 Å². The third-order valence-electron chi connectivity index (χ3n) is 5.61. The van der Waals surface area contributed by atoms with E-state index >= 15 is 0 Å². The molecular weight excluding hydrogens is 382 g/mol. The molecule has 0 spiro atoms. The van der Waals surface area contributed by atoms with Gasteiger partial charge in [-0.05, 0) is 58.7 Å². The van der Waals surface area contributed by atoms with E-state index in [-0.39, 0.29) is 11.9 Å². The molecule has 2 aromatic carbocycles. The third kappa shape index (κ3) is 3.72. The van der Waals surface area contributed by atoms with Crippen molar-refractivity contribution < 1.29 is 14.3 Å². The van der Waals surface area contributed by atoms with E-state index in [4.69, 9.17) is 9.47 Å². The van der Waals surface area contributed by atoms with Gasteiger partial charge in [-0.15, -0.1) is 5.10 Å². The average molecular weight is 405 g/mol. The molecule has 0 N–H and O–H groups in total. The van der Waals surface area contributed by atoms with Crippen LogP contribution < -0.4 is 9.47 Å². The van der Waals surface area contributed by atoms with E-state index in [0.29, 0.717) is 25.3 Å². The highest BCUT2D eigenvalue weighted by Gasteiger charge is 2.31. The second kappa shape index (κ2) is 8.14. The van der Waals surface area contributed by atoms with E-state index in [1.807, 2.05) is 41.3 Å². The molecule has 0 bridgehead atoms. The molecular formula is C22H23N5O3. The zero-order valence-corrected chi connectivity index (χ0v) is 16.6. The molecule has 1 unspecified atom stereocenters. The lowest BCUT2D eigenvalue weighted by molar-refractivity contribution is 0.0735. The van der Waals surface area contributed by atoms with Crippen molar-refractivity contribution in [3.63, 3.8) is 0 Å². The molecule has 1 aromatic heterocycles. The van der Waals surface area contributed by atoms with Crippen molar-refractivity contribution in [1.29, 1.82) is 0 Å². The lowest BCUT2D eigenvalue weighted by Gasteiger charge is -2.26. The molecule has 30 heavy (non-hydrogen) atoms. The van der Waals surface area contributed by atoms with Crippen LogP contribution >= 0.6 is 0 Å². The molecule has 8 heteroatoms. The SMILES string of the molecule is O=C(c1ccc(Cn2cnnn2)cc1)N1CCCC1c1ccc2c(c1)OCCCO2. The zero-order valence-electron chi connectivity index (χ0n) is 16.6. The standard InChI is InChI=1S/C22H23N5O3/c28-22(17-6-4-16(5-7-17)14-26-15-23-24-25-26)27-10-1-3-19(27)18-8-9-20-21(13-18)30-12-2-11-29-20/h4-9,13,15,19H,1-3,10-12,14H2. The van der Waals surface area contributed by atoms with Gasteiger partial charge in [0.15, 0.2) is 11.5 Å². The molecule has 0 saturated carbocycles. The lowest BCUT2D eigenvalue weighted by atomic mass is 10.0. The topological polar surface area (TPSA) is 82.4 Å². The summed E-state index contributed by atoms with van der Waals surface area (Å²) in [5.41, 5.74) is 2.83. The number of aromatic nitrogens is 4. The quantitative estimate of drug-likeness (QED) is 0.664. The Hall–Kier alpha value is -3.42. The van der Waals surface area contributed by atoms with Crippen LogP contribution in [-0.4, -0.2) is 50.8 Å². The molecule has 2 aliphatic rings. The first-order valence-corrected chi connectivity index (χ1v) is 10.3. The number of benzene rings is 2. The van der Waals surface area contributed by atoms with Crippen LogP contribution in [0.5, 0.6) is 11.5 Å². The average Bonchev–Trinajstić information content (AvgIpc) is 3.41. The van der Waals surface area contributed by atoms with E-state index in [2.05, 4.69) is 21.6 Å². The summed E-state index contributed by atoms with van der Waals surface area (Å²) in [5, 5.41) is 11.2. The minimum atomic E-state index is 0.0514. The van der Waals surface area contributed by atoms with Gasteiger partial charge >= 0.3 is 0 Å². The van der Waals surface area contributed by atoms with Gasteiger partial charge in [-0.25, -0.2) is 4.68 Å². The predicted molar refractivity (Wildman–Crippen MR) is 108 cm³/mol. The second-order valence-corrected chi connectivity index (χ2v) is 7.62. The number of rotatable bonds is 4. The number of ether oxygens (including phenoxy) is 2. The predicted octanol–water partition coefficient (Wildman–Crippen LogP) is 2.86. The van der Waals surface area contributed by atoms with Gasteiger partial charge in [0.05, 0.1) is 25.8 Å². The molecule has 2 aliphatic heterocycles. The summed E-state index contributed by atoms with van der Waals surface area (Å²) >= 11 is 0. The Morgan fingerprint density at radius 1 is 1.03 bits per heavy atom. The van der Waals surface area contributed by atoms with Gasteiger partial charge in [0, 0.05) is 18.5 Å². The summed E-state index contributed by atoms with van der Waals surface area (Å²) in [6.45, 7) is 2.65. The fourth-order valence-electron chi connectivity index (χ4n) is 4.10. The number of hydrogen-bond acceptors (Lipinski definition) is 6. The monoisotopic (exact) mass is 405 g/mol. The van der Waals surface area contributed by atoms with Gasteiger partial charge in [0.25, 0.3) is 5.91 Å². The Bertz CT molecular complexity index is 1020. The van der Waals surface area contributed by atoms with E-state index in [0.717, 1.165) is 48.4 Å². The van der Waals surface area contributed by atoms with E-state index in [1.165, 1.54) is 0 Å². The summed E-state index contributed by atoms with van der Waals surface area (Å²) in [4.78, 5) is 15.2. The van der Waals surface area contributed by atoms with Crippen molar-refractivity contribution in [2.24, 2.45) is 0 Å². The number of amides is 1. The van der Waals surface area contributed by atoms with Gasteiger partial charge < -0.3 is 14.4 Å². The van der Waals surface area contributed by atoms with Gasteiger partial charge in [-0.2, -0.15) is 0 Å². The lowest BCUT2D eigenvalue weighted by Crippen LogP contribution is -2.30. The number of carbonyl (C=O) groups excluding carboxylic acids is 1. The number of hydrogen-bond donors (Lipinski definition) is 0. The summed E-state index contributed by atoms with van der Waals surface area (Å²) in [7, 11) is 0. The molecule has 3 aromatic rings. The Morgan fingerprint density at radius 2 is 1.87 bits per heavy atom. The van der Waals surface area contributed by atoms with Crippen molar-refractivity contribution in [2.45, 2.75) is 31.8 Å². The van der Waals surface area contributed by atoms with Crippen LogP contribution in [0.1, 0.15) is 46.8 Å². The Labute approximate surface area is 174 Å². The van der Waals surface area contributed by atoms with Crippen molar-refractivity contribution in [1.82, 2.24) is 25.1 Å². The van der Waals surface area contributed by atoms with Crippen LogP contribution in [0.3, 0.4) is 0 Å². The maximum absolute atomic E-state index is 13.2. The van der Waals surface area contributed by atoms with Crippen molar-refractivity contribution >= 4 is 5.91 Å². The normalized spacial score (nSPS) is 18.3. The maximum atomic E-state index is 13.2. The van der Waals surface area contributed by atoms with Crippen LogP contribution in [-0.2, 0) is 6.54 Å². The molecule has 1 fully saturated rings. The highest BCUT2D eigenvalue weighted by atomic mass is 16.5. The number of tetrazole rings is 1. The molecule has 3 heterocycles. The Morgan fingerprint density at radius 3 is 2.67 bits per heavy atom. The third-order valence-corrected chi connectivity index (χ3v) is 5.61. The molecule has 1 atom stereocenters. The molecule has 1 amide bonds. The fourth-order valence-corrected chi connectivity index (χ4v) is 4.10. The van der Waals surface area contributed by atoms with Crippen LogP contribution in [0.25, 0.3) is 0 Å². The highest BCUT2D eigenvalue weighted by molar-refractivity contribution is 5.94. The largest absolute Gasteiger partial charge is 0.490 e. The first-order chi connectivity index (χ1) is 14.8. The van der Waals surface area contributed by atoms with Crippen LogP contribution in [0.15, 0.2) is 48.8 Å². The second-order valence-electron chi connectivity index (χ2n) is 7.62. The first-order valence-electron chi connectivity index (χ1n) is 10.3. The molecule has 154 valence electrons. The van der Waals surface area contributed by atoms with E-state index < -0.39 is 0 Å². The molecule has 1 saturated heterocycles. The molecule has 8 nitrogen and oxygen atoms in total. The van der Waals surface area contributed by atoms with E-state index in [9.17, 15) is 4.79 Å². The highest BCUT2D eigenvalue weighted by Crippen LogP contribution is 2.38. The summed E-state index contributed by atoms with van der Waals surface area (Å²) in [6.07, 6.45) is 4.38.